The monoisotopic (exact) mass is 241 g/mol. The lowest BCUT2D eigenvalue weighted by atomic mass is 10.0. The number of thioether (sulfide) groups is 1. The van der Waals surface area contributed by atoms with Crippen LogP contribution in [0.5, 0.6) is 0 Å². The number of hydrogen-bond acceptors (Lipinski definition) is 2. The molecule has 3 heteroatoms. The maximum absolute atomic E-state index is 5.85. The molecule has 0 aliphatic heterocycles. The quantitative estimate of drug-likeness (QED) is 0.732. The van der Waals surface area contributed by atoms with Gasteiger partial charge in [-0.2, -0.15) is 11.8 Å². The summed E-state index contributed by atoms with van der Waals surface area (Å²) in [7, 11) is 0. The predicted molar refractivity (Wildman–Crippen MR) is 67.4 cm³/mol. The van der Waals surface area contributed by atoms with Gasteiger partial charge in [-0.15, -0.1) is 0 Å². The van der Waals surface area contributed by atoms with Crippen molar-refractivity contribution in [2.45, 2.75) is 43.1 Å². The normalized spacial score (nSPS) is 17.9. The van der Waals surface area contributed by atoms with Gasteiger partial charge < -0.3 is 0 Å². The van der Waals surface area contributed by atoms with Gasteiger partial charge in [-0.05, 0) is 25.0 Å². The van der Waals surface area contributed by atoms with Crippen LogP contribution in [0.2, 0.25) is 5.15 Å². The molecule has 0 saturated heterocycles. The van der Waals surface area contributed by atoms with E-state index in [-0.39, 0.29) is 0 Å². The summed E-state index contributed by atoms with van der Waals surface area (Å²) in [4.78, 5) is 4.30. The van der Waals surface area contributed by atoms with Crippen LogP contribution in [-0.2, 0) is 5.75 Å². The van der Waals surface area contributed by atoms with Crippen LogP contribution in [0, 0.1) is 0 Å². The van der Waals surface area contributed by atoms with E-state index in [9.17, 15) is 0 Å². The fourth-order valence-corrected chi connectivity index (χ4v) is 3.38. The van der Waals surface area contributed by atoms with E-state index < -0.39 is 0 Å². The molecule has 1 aliphatic rings. The fourth-order valence-electron chi connectivity index (χ4n) is 1.97. The second-order valence-corrected chi connectivity index (χ2v) is 5.70. The summed E-state index contributed by atoms with van der Waals surface area (Å²) in [5.41, 5.74) is 1.11. The zero-order valence-electron chi connectivity index (χ0n) is 8.79. The molecule has 0 spiro atoms. The zero-order chi connectivity index (χ0) is 10.5. The average Bonchev–Trinajstić information content (AvgIpc) is 2.28. The molecule has 1 nitrogen and oxygen atoms in total. The molecular weight excluding hydrogens is 226 g/mol. The molecule has 0 aromatic carbocycles. The smallest absolute Gasteiger partial charge is 0.129 e. The minimum Gasteiger partial charge on any atom is -0.240 e. The van der Waals surface area contributed by atoms with Gasteiger partial charge in [0.25, 0.3) is 0 Å². The van der Waals surface area contributed by atoms with E-state index in [0.29, 0.717) is 5.15 Å². The van der Waals surface area contributed by atoms with Crippen LogP contribution in [0.25, 0.3) is 0 Å². The predicted octanol–water partition coefficient (Wildman–Crippen LogP) is 4.30. The number of halogens is 1. The topological polar surface area (TPSA) is 12.9 Å². The lowest BCUT2D eigenvalue weighted by molar-refractivity contribution is 0.516. The zero-order valence-corrected chi connectivity index (χ0v) is 10.4. The van der Waals surface area contributed by atoms with Crippen molar-refractivity contribution in [1.29, 1.82) is 0 Å². The Morgan fingerprint density at radius 3 is 2.80 bits per heavy atom. The molecule has 1 saturated carbocycles. The Kier molecular flexibility index (Phi) is 4.33. The highest BCUT2D eigenvalue weighted by Gasteiger charge is 2.13. The summed E-state index contributed by atoms with van der Waals surface area (Å²) in [6, 6.07) is 5.87. The van der Waals surface area contributed by atoms with E-state index in [1.807, 2.05) is 23.9 Å². The van der Waals surface area contributed by atoms with Crippen LogP contribution in [0.3, 0.4) is 0 Å². The van der Waals surface area contributed by atoms with Gasteiger partial charge in [-0.3, -0.25) is 0 Å². The van der Waals surface area contributed by atoms with Gasteiger partial charge in [0.05, 0.1) is 5.69 Å². The van der Waals surface area contributed by atoms with Crippen molar-refractivity contribution in [1.82, 2.24) is 4.98 Å². The van der Waals surface area contributed by atoms with E-state index in [1.165, 1.54) is 32.1 Å². The summed E-state index contributed by atoms with van der Waals surface area (Å²) in [5, 5.41) is 1.45. The van der Waals surface area contributed by atoms with Crippen LogP contribution in [0.1, 0.15) is 37.8 Å². The standard InChI is InChI=1S/C12H16ClNS/c13-12-8-4-5-10(14-12)9-15-11-6-2-1-3-7-11/h4-5,8,11H,1-3,6-7,9H2. The molecule has 0 radical (unpaired) electrons. The van der Waals surface area contributed by atoms with Gasteiger partial charge in [-0.25, -0.2) is 4.98 Å². The second kappa shape index (κ2) is 5.76. The molecule has 1 aromatic rings. The highest BCUT2D eigenvalue weighted by atomic mass is 35.5. The van der Waals surface area contributed by atoms with E-state index in [4.69, 9.17) is 11.6 Å². The van der Waals surface area contributed by atoms with E-state index in [0.717, 1.165) is 16.7 Å². The Bertz CT molecular complexity index is 310. The van der Waals surface area contributed by atoms with Crippen LogP contribution in [0.4, 0.5) is 0 Å². The molecule has 0 N–H and O–H groups in total. The number of hydrogen-bond donors (Lipinski definition) is 0. The maximum atomic E-state index is 5.85. The maximum Gasteiger partial charge on any atom is 0.129 e. The molecule has 0 bridgehead atoms. The SMILES string of the molecule is Clc1cccc(CSC2CCCCC2)n1. The molecule has 1 aliphatic carbocycles. The molecule has 1 aromatic heterocycles. The van der Waals surface area contributed by atoms with E-state index >= 15 is 0 Å². The Labute approximate surface area is 101 Å². The van der Waals surface area contributed by atoms with Crippen molar-refractivity contribution in [2.24, 2.45) is 0 Å². The van der Waals surface area contributed by atoms with Crippen molar-refractivity contribution in [3.05, 3.63) is 29.0 Å². The highest BCUT2D eigenvalue weighted by molar-refractivity contribution is 7.99. The molecule has 1 fully saturated rings. The molecule has 82 valence electrons. The highest BCUT2D eigenvalue weighted by Crippen LogP contribution is 2.30. The largest absolute Gasteiger partial charge is 0.240 e. The number of nitrogens with zero attached hydrogens (tertiary/aromatic N) is 1. The Balaban J connectivity index is 1.81. The van der Waals surface area contributed by atoms with Crippen molar-refractivity contribution in [3.63, 3.8) is 0 Å². The number of pyridine rings is 1. The van der Waals surface area contributed by atoms with Gasteiger partial charge in [0.15, 0.2) is 0 Å². The molecule has 2 rings (SSSR count). The van der Waals surface area contributed by atoms with E-state index in [1.54, 1.807) is 0 Å². The lowest BCUT2D eigenvalue weighted by Crippen LogP contribution is -2.08. The van der Waals surface area contributed by atoms with Crippen molar-refractivity contribution < 1.29 is 0 Å². The van der Waals surface area contributed by atoms with Crippen LogP contribution in [-0.4, -0.2) is 10.2 Å². The average molecular weight is 242 g/mol. The Morgan fingerprint density at radius 1 is 1.27 bits per heavy atom. The van der Waals surface area contributed by atoms with E-state index in [2.05, 4.69) is 11.1 Å². The summed E-state index contributed by atoms with van der Waals surface area (Å²) in [5.74, 6) is 1.01. The molecule has 0 atom stereocenters. The molecule has 15 heavy (non-hydrogen) atoms. The first kappa shape index (κ1) is 11.3. The van der Waals surface area contributed by atoms with Gasteiger partial charge in [0, 0.05) is 11.0 Å². The van der Waals surface area contributed by atoms with Crippen molar-refractivity contribution in [3.8, 4) is 0 Å². The van der Waals surface area contributed by atoms with Gasteiger partial charge >= 0.3 is 0 Å². The molecule has 1 heterocycles. The minimum absolute atomic E-state index is 0.608. The number of aromatic nitrogens is 1. The fraction of sp³-hybridized carbons (Fsp3) is 0.583. The second-order valence-electron chi connectivity index (χ2n) is 4.02. The molecule has 0 unspecified atom stereocenters. The first-order valence-corrected chi connectivity index (χ1v) is 7.00. The minimum atomic E-state index is 0.608. The third-order valence-corrected chi connectivity index (χ3v) is 4.41. The summed E-state index contributed by atoms with van der Waals surface area (Å²) in [6.07, 6.45) is 6.99. The van der Waals surface area contributed by atoms with Crippen molar-refractivity contribution in [2.75, 3.05) is 0 Å². The van der Waals surface area contributed by atoms with Crippen molar-refractivity contribution >= 4 is 23.4 Å². The third-order valence-electron chi connectivity index (χ3n) is 2.79. The van der Waals surface area contributed by atoms with Crippen LogP contribution >= 0.6 is 23.4 Å². The lowest BCUT2D eigenvalue weighted by Gasteiger charge is -2.20. The summed E-state index contributed by atoms with van der Waals surface area (Å²) < 4.78 is 0. The first-order valence-electron chi connectivity index (χ1n) is 5.57. The summed E-state index contributed by atoms with van der Waals surface area (Å²) in [6.45, 7) is 0. The van der Waals surface area contributed by atoms with Gasteiger partial charge in [0.2, 0.25) is 0 Å². The Morgan fingerprint density at radius 2 is 2.07 bits per heavy atom. The molecular formula is C12H16ClNS. The van der Waals surface area contributed by atoms with Crippen LogP contribution in [0.15, 0.2) is 18.2 Å². The summed E-state index contributed by atoms with van der Waals surface area (Å²) >= 11 is 7.88. The van der Waals surface area contributed by atoms with Gasteiger partial charge in [0.1, 0.15) is 5.15 Å². The first-order chi connectivity index (χ1) is 7.34. The Hall–Kier alpha value is -0.210. The third kappa shape index (κ3) is 3.69. The number of rotatable bonds is 3. The van der Waals surface area contributed by atoms with Gasteiger partial charge in [-0.1, -0.05) is 36.9 Å². The van der Waals surface area contributed by atoms with Crippen LogP contribution < -0.4 is 0 Å². The molecule has 0 amide bonds.